The number of amides is 2. The molecule has 0 bridgehead atoms. The minimum atomic E-state index is -0.321. The standard InChI is InChI=1S/C25H27ClN4O4/c1-15(2)30-23-19(28-24(31)17-7-5-6-8-18(17)26)11-12-29(20(23)14-27-30)25(32)16-9-10-21(33-3)22(13-16)34-4/h5-10,13-15,19H,11-12H2,1-4H3,(H,28,31). The second-order valence-corrected chi connectivity index (χ2v) is 8.68. The van der Waals surface area contributed by atoms with E-state index in [2.05, 4.69) is 10.4 Å². The van der Waals surface area contributed by atoms with Crippen molar-refractivity contribution in [1.29, 1.82) is 0 Å². The Hall–Kier alpha value is -3.52. The maximum atomic E-state index is 13.5. The predicted octanol–water partition coefficient (Wildman–Crippen LogP) is 4.66. The molecule has 1 unspecified atom stereocenters. The maximum absolute atomic E-state index is 13.5. The largest absolute Gasteiger partial charge is 0.493 e. The molecule has 178 valence electrons. The van der Waals surface area contributed by atoms with E-state index < -0.39 is 0 Å². The summed E-state index contributed by atoms with van der Waals surface area (Å²) in [5, 5.41) is 8.01. The van der Waals surface area contributed by atoms with Crippen LogP contribution in [0.15, 0.2) is 48.7 Å². The molecular weight excluding hydrogens is 456 g/mol. The van der Waals surface area contributed by atoms with Gasteiger partial charge in [0.2, 0.25) is 0 Å². The molecule has 0 spiro atoms. The van der Waals surface area contributed by atoms with E-state index in [0.717, 1.165) is 5.69 Å². The normalized spacial score (nSPS) is 15.1. The zero-order valence-electron chi connectivity index (χ0n) is 19.5. The number of hydrogen-bond donors (Lipinski definition) is 1. The Morgan fingerprint density at radius 1 is 1.12 bits per heavy atom. The molecule has 1 atom stereocenters. The number of hydrogen-bond acceptors (Lipinski definition) is 5. The number of aromatic nitrogens is 2. The molecule has 0 aliphatic carbocycles. The smallest absolute Gasteiger partial charge is 0.258 e. The average molecular weight is 483 g/mol. The Labute approximate surface area is 203 Å². The van der Waals surface area contributed by atoms with Gasteiger partial charge in [-0.2, -0.15) is 5.10 Å². The Morgan fingerprint density at radius 3 is 2.53 bits per heavy atom. The van der Waals surface area contributed by atoms with Crippen LogP contribution in [0, 0.1) is 0 Å². The zero-order chi connectivity index (χ0) is 24.4. The number of carbonyl (C=O) groups is 2. The van der Waals surface area contributed by atoms with Gasteiger partial charge in [0.1, 0.15) is 0 Å². The molecule has 3 aromatic rings. The van der Waals surface area contributed by atoms with Crippen LogP contribution in [-0.2, 0) is 0 Å². The lowest BCUT2D eigenvalue weighted by Gasteiger charge is -2.33. The van der Waals surface area contributed by atoms with Crippen LogP contribution >= 0.6 is 11.6 Å². The molecule has 1 aromatic heterocycles. The van der Waals surface area contributed by atoms with Crippen LogP contribution in [-0.4, -0.2) is 42.4 Å². The lowest BCUT2D eigenvalue weighted by Crippen LogP contribution is -2.41. The molecule has 0 fully saturated rings. The van der Waals surface area contributed by atoms with Gasteiger partial charge in [0.05, 0.1) is 48.4 Å². The minimum Gasteiger partial charge on any atom is -0.493 e. The Morgan fingerprint density at radius 2 is 1.85 bits per heavy atom. The highest BCUT2D eigenvalue weighted by molar-refractivity contribution is 6.33. The summed E-state index contributed by atoms with van der Waals surface area (Å²) in [4.78, 5) is 28.2. The molecule has 4 rings (SSSR count). The molecule has 34 heavy (non-hydrogen) atoms. The molecule has 2 aromatic carbocycles. The highest BCUT2D eigenvalue weighted by Crippen LogP contribution is 2.37. The summed E-state index contributed by atoms with van der Waals surface area (Å²) in [6.07, 6.45) is 2.21. The topological polar surface area (TPSA) is 85.7 Å². The van der Waals surface area contributed by atoms with Crippen molar-refractivity contribution in [3.05, 3.63) is 70.5 Å². The number of ether oxygens (including phenoxy) is 2. The van der Waals surface area contributed by atoms with Crippen molar-refractivity contribution >= 4 is 29.1 Å². The van der Waals surface area contributed by atoms with Crippen LogP contribution in [0.4, 0.5) is 5.69 Å². The third-order valence-corrected chi connectivity index (χ3v) is 6.19. The summed E-state index contributed by atoms with van der Waals surface area (Å²) in [5.74, 6) is 0.584. The van der Waals surface area contributed by atoms with Gasteiger partial charge >= 0.3 is 0 Å². The van der Waals surface area contributed by atoms with Crippen molar-refractivity contribution in [2.45, 2.75) is 32.4 Å². The highest BCUT2D eigenvalue weighted by Gasteiger charge is 2.35. The van der Waals surface area contributed by atoms with Gasteiger partial charge in [-0.15, -0.1) is 0 Å². The fraction of sp³-hybridized carbons (Fsp3) is 0.320. The fourth-order valence-electron chi connectivity index (χ4n) is 4.19. The van der Waals surface area contributed by atoms with E-state index in [0.29, 0.717) is 46.3 Å². The number of nitrogens with one attached hydrogen (secondary N) is 1. The van der Waals surface area contributed by atoms with Gasteiger partial charge < -0.3 is 19.7 Å². The van der Waals surface area contributed by atoms with Crippen LogP contribution in [0.3, 0.4) is 0 Å². The first kappa shape index (κ1) is 23.6. The lowest BCUT2D eigenvalue weighted by atomic mass is 10.0. The van der Waals surface area contributed by atoms with Crippen molar-refractivity contribution in [2.24, 2.45) is 0 Å². The first-order chi connectivity index (χ1) is 16.3. The molecule has 0 radical (unpaired) electrons. The van der Waals surface area contributed by atoms with Crippen LogP contribution in [0.5, 0.6) is 11.5 Å². The fourth-order valence-corrected chi connectivity index (χ4v) is 4.42. The molecule has 9 heteroatoms. The Bertz CT molecular complexity index is 1220. The summed E-state index contributed by atoms with van der Waals surface area (Å²) in [6, 6.07) is 11.7. The second-order valence-electron chi connectivity index (χ2n) is 8.27. The first-order valence-corrected chi connectivity index (χ1v) is 11.4. The van der Waals surface area contributed by atoms with Gasteiger partial charge in [0.25, 0.3) is 11.8 Å². The van der Waals surface area contributed by atoms with Crippen molar-refractivity contribution in [3.63, 3.8) is 0 Å². The van der Waals surface area contributed by atoms with Crippen LogP contribution < -0.4 is 19.7 Å². The molecule has 2 amide bonds. The summed E-state index contributed by atoms with van der Waals surface area (Å²) < 4.78 is 12.5. The number of nitrogens with zero attached hydrogens (tertiary/aromatic N) is 3. The van der Waals surface area contributed by atoms with E-state index in [4.69, 9.17) is 21.1 Å². The zero-order valence-corrected chi connectivity index (χ0v) is 20.3. The number of halogens is 1. The summed E-state index contributed by atoms with van der Waals surface area (Å²) in [7, 11) is 3.08. The third-order valence-electron chi connectivity index (χ3n) is 5.86. The number of benzene rings is 2. The minimum absolute atomic E-state index is 0.0413. The van der Waals surface area contributed by atoms with Gasteiger partial charge in [-0.25, -0.2) is 0 Å². The second kappa shape index (κ2) is 9.77. The third kappa shape index (κ3) is 4.33. The number of rotatable bonds is 6. The molecule has 0 saturated heterocycles. The van der Waals surface area contributed by atoms with Crippen molar-refractivity contribution in [3.8, 4) is 11.5 Å². The summed E-state index contributed by atoms with van der Waals surface area (Å²) in [5.41, 5.74) is 2.34. The van der Waals surface area contributed by atoms with Crippen LogP contribution in [0.1, 0.15) is 58.8 Å². The Kier molecular flexibility index (Phi) is 6.79. The number of carbonyl (C=O) groups excluding carboxylic acids is 2. The van der Waals surface area contributed by atoms with E-state index in [-0.39, 0.29) is 23.9 Å². The van der Waals surface area contributed by atoms with E-state index >= 15 is 0 Å². The van der Waals surface area contributed by atoms with Gasteiger partial charge in [-0.1, -0.05) is 23.7 Å². The average Bonchev–Trinajstić information content (AvgIpc) is 3.29. The summed E-state index contributed by atoms with van der Waals surface area (Å²) in [6.45, 7) is 4.43. The number of anilines is 1. The quantitative estimate of drug-likeness (QED) is 0.552. The molecule has 1 aliphatic heterocycles. The number of fused-ring (bicyclic) bond motifs is 1. The van der Waals surface area contributed by atoms with Gasteiger partial charge in [0.15, 0.2) is 11.5 Å². The molecule has 8 nitrogen and oxygen atoms in total. The van der Waals surface area contributed by atoms with E-state index in [9.17, 15) is 9.59 Å². The predicted molar refractivity (Wildman–Crippen MR) is 130 cm³/mol. The highest BCUT2D eigenvalue weighted by atomic mass is 35.5. The van der Waals surface area contributed by atoms with Crippen molar-refractivity contribution in [1.82, 2.24) is 15.1 Å². The molecule has 2 heterocycles. The monoisotopic (exact) mass is 482 g/mol. The van der Waals surface area contributed by atoms with Crippen LogP contribution in [0.2, 0.25) is 5.02 Å². The van der Waals surface area contributed by atoms with Crippen molar-refractivity contribution < 1.29 is 19.1 Å². The lowest BCUT2D eigenvalue weighted by molar-refractivity contribution is 0.0931. The first-order valence-electron chi connectivity index (χ1n) is 11.0. The molecule has 1 aliphatic rings. The Balaban J connectivity index is 1.67. The maximum Gasteiger partial charge on any atom is 0.258 e. The molecular formula is C25H27ClN4O4. The van der Waals surface area contributed by atoms with Gasteiger partial charge in [-0.05, 0) is 50.6 Å². The number of methoxy groups -OCH3 is 2. The SMILES string of the molecule is COc1ccc(C(=O)N2CCC(NC(=O)c3ccccc3Cl)c3c2cnn3C(C)C)cc1OC. The van der Waals surface area contributed by atoms with Gasteiger partial charge in [-0.3, -0.25) is 14.3 Å². The van der Waals surface area contributed by atoms with E-state index in [1.54, 1.807) is 60.7 Å². The van der Waals surface area contributed by atoms with E-state index in [1.165, 1.54) is 7.11 Å². The molecule has 0 saturated carbocycles. The van der Waals surface area contributed by atoms with E-state index in [1.807, 2.05) is 18.5 Å². The van der Waals surface area contributed by atoms with Gasteiger partial charge in [0, 0.05) is 18.2 Å². The van der Waals surface area contributed by atoms with Crippen molar-refractivity contribution in [2.75, 3.05) is 25.7 Å². The summed E-state index contributed by atoms with van der Waals surface area (Å²) >= 11 is 6.23. The van der Waals surface area contributed by atoms with Crippen LogP contribution in [0.25, 0.3) is 0 Å². The molecule has 1 N–H and O–H groups in total.